The van der Waals surface area contributed by atoms with Crippen LogP contribution in [0.3, 0.4) is 0 Å². The van der Waals surface area contributed by atoms with Gasteiger partial charge in [0.25, 0.3) is 0 Å². The number of rotatable bonds is 4. The van der Waals surface area contributed by atoms with Gasteiger partial charge in [0.1, 0.15) is 13.9 Å². The van der Waals surface area contributed by atoms with E-state index < -0.39 is 8.07 Å². The molecule has 0 rings (SSSR count). The molecule has 0 heterocycles. The summed E-state index contributed by atoms with van der Waals surface area (Å²) in [7, 11) is -1.45. The van der Waals surface area contributed by atoms with E-state index in [1.807, 2.05) is 0 Å². The molecule has 0 radical (unpaired) electrons. The number of carbonyl (C=O) groups is 2. The summed E-state index contributed by atoms with van der Waals surface area (Å²) in [5.41, 5.74) is 2.99. The van der Waals surface area contributed by atoms with Gasteiger partial charge in [0.15, 0.2) is 0 Å². The second-order valence-electron chi connectivity index (χ2n) is 4.32. The Morgan fingerprint density at radius 1 is 1.14 bits per heavy atom. The lowest BCUT2D eigenvalue weighted by molar-refractivity contribution is -0.121. The lowest BCUT2D eigenvalue weighted by Crippen LogP contribution is -2.17. The molecule has 0 atom stereocenters. The van der Waals surface area contributed by atoms with Crippen molar-refractivity contribution in [3.63, 3.8) is 0 Å². The SMILES string of the molecule is CCC(=O)CCC(=O)C#C[Si](C)(C)C. The summed E-state index contributed by atoms with van der Waals surface area (Å²) >= 11 is 0. The maximum Gasteiger partial charge on any atom is 0.205 e. The Kier molecular flexibility index (Phi) is 5.40. The van der Waals surface area contributed by atoms with Crippen molar-refractivity contribution in [3.05, 3.63) is 0 Å². The van der Waals surface area contributed by atoms with E-state index in [2.05, 4.69) is 31.1 Å². The highest BCUT2D eigenvalue weighted by Gasteiger charge is 2.09. The van der Waals surface area contributed by atoms with Gasteiger partial charge in [-0.05, 0) is 5.92 Å². The summed E-state index contributed by atoms with van der Waals surface area (Å²) in [5, 5.41) is 0. The third-order valence-electron chi connectivity index (χ3n) is 1.60. The summed E-state index contributed by atoms with van der Waals surface area (Å²) < 4.78 is 0. The van der Waals surface area contributed by atoms with E-state index >= 15 is 0 Å². The van der Waals surface area contributed by atoms with Gasteiger partial charge in [0, 0.05) is 19.3 Å². The minimum absolute atomic E-state index is 0.103. The average molecular weight is 210 g/mol. The molecular formula is C11H18O2Si. The van der Waals surface area contributed by atoms with Crippen LogP contribution in [0.5, 0.6) is 0 Å². The fourth-order valence-corrected chi connectivity index (χ4v) is 1.26. The van der Waals surface area contributed by atoms with Crippen LogP contribution in [0.15, 0.2) is 0 Å². The van der Waals surface area contributed by atoms with E-state index in [0.29, 0.717) is 12.8 Å². The lowest BCUT2D eigenvalue weighted by atomic mass is 10.1. The van der Waals surface area contributed by atoms with Gasteiger partial charge in [0.05, 0.1) is 0 Å². The van der Waals surface area contributed by atoms with Gasteiger partial charge < -0.3 is 0 Å². The zero-order chi connectivity index (χ0) is 11.2. The molecule has 78 valence electrons. The van der Waals surface area contributed by atoms with E-state index in [4.69, 9.17) is 0 Å². The summed E-state index contributed by atoms with van der Waals surface area (Å²) in [6.45, 7) is 8.07. The molecule has 2 nitrogen and oxygen atoms in total. The van der Waals surface area contributed by atoms with E-state index in [1.165, 1.54) is 0 Å². The van der Waals surface area contributed by atoms with Crippen LogP contribution in [0.25, 0.3) is 0 Å². The smallest absolute Gasteiger partial charge is 0.205 e. The molecular weight excluding hydrogens is 192 g/mol. The van der Waals surface area contributed by atoms with Crippen LogP contribution >= 0.6 is 0 Å². The van der Waals surface area contributed by atoms with Crippen molar-refractivity contribution < 1.29 is 9.59 Å². The lowest BCUT2D eigenvalue weighted by Gasteiger charge is -2.02. The van der Waals surface area contributed by atoms with Crippen LogP contribution in [0.4, 0.5) is 0 Å². The summed E-state index contributed by atoms with van der Waals surface area (Å²) in [4.78, 5) is 22.1. The van der Waals surface area contributed by atoms with Gasteiger partial charge in [-0.25, -0.2) is 0 Å². The third kappa shape index (κ3) is 7.75. The molecule has 0 aromatic carbocycles. The zero-order valence-corrected chi connectivity index (χ0v) is 10.4. The number of carbonyl (C=O) groups excluding carboxylic acids is 2. The molecule has 0 fully saturated rings. The van der Waals surface area contributed by atoms with E-state index in [1.54, 1.807) is 6.92 Å². The van der Waals surface area contributed by atoms with Gasteiger partial charge in [-0.3, -0.25) is 9.59 Å². The van der Waals surface area contributed by atoms with Gasteiger partial charge in [-0.1, -0.05) is 26.6 Å². The first-order valence-corrected chi connectivity index (χ1v) is 8.43. The summed E-state index contributed by atoms with van der Waals surface area (Å²) in [6, 6.07) is 0. The summed E-state index contributed by atoms with van der Waals surface area (Å²) in [6.07, 6.45) is 1.13. The first-order chi connectivity index (χ1) is 6.35. The third-order valence-corrected chi connectivity index (χ3v) is 2.48. The van der Waals surface area contributed by atoms with Crippen LogP contribution < -0.4 is 0 Å². The Labute approximate surface area is 87.1 Å². The predicted molar refractivity (Wildman–Crippen MR) is 60.7 cm³/mol. The van der Waals surface area contributed by atoms with Crippen LogP contribution in [-0.2, 0) is 9.59 Å². The molecule has 0 aromatic rings. The van der Waals surface area contributed by atoms with Crippen molar-refractivity contribution in [2.24, 2.45) is 0 Å². The van der Waals surface area contributed by atoms with Crippen molar-refractivity contribution in [2.45, 2.75) is 45.8 Å². The second kappa shape index (κ2) is 5.76. The summed E-state index contributed by atoms with van der Waals surface area (Å²) in [5.74, 6) is 2.65. The molecule has 0 aliphatic carbocycles. The molecule has 14 heavy (non-hydrogen) atoms. The van der Waals surface area contributed by atoms with Crippen molar-refractivity contribution in [3.8, 4) is 11.5 Å². The largest absolute Gasteiger partial charge is 0.300 e. The Hall–Kier alpha value is -0.883. The Morgan fingerprint density at radius 3 is 2.14 bits per heavy atom. The Morgan fingerprint density at radius 2 is 1.71 bits per heavy atom. The normalized spacial score (nSPS) is 10.3. The minimum Gasteiger partial charge on any atom is -0.300 e. The first-order valence-electron chi connectivity index (χ1n) is 4.93. The molecule has 0 unspecified atom stereocenters. The zero-order valence-electron chi connectivity index (χ0n) is 9.44. The van der Waals surface area contributed by atoms with Crippen molar-refractivity contribution in [1.29, 1.82) is 0 Å². The van der Waals surface area contributed by atoms with Crippen LogP contribution in [0.1, 0.15) is 26.2 Å². The molecule has 0 bridgehead atoms. The van der Waals surface area contributed by atoms with Gasteiger partial charge >= 0.3 is 0 Å². The standard InChI is InChI=1S/C11H18O2Si/c1-5-10(12)6-7-11(13)8-9-14(2,3)4/h5-7H2,1-4H3. The highest BCUT2D eigenvalue weighted by Crippen LogP contribution is 1.98. The average Bonchev–Trinajstić information content (AvgIpc) is 2.09. The van der Waals surface area contributed by atoms with Gasteiger partial charge in [0.2, 0.25) is 5.78 Å². The quantitative estimate of drug-likeness (QED) is 0.526. The number of hydrogen-bond acceptors (Lipinski definition) is 2. The monoisotopic (exact) mass is 210 g/mol. The highest BCUT2D eigenvalue weighted by atomic mass is 28.3. The molecule has 0 aliphatic rings. The molecule has 0 aliphatic heterocycles. The van der Waals surface area contributed by atoms with Gasteiger partial charge in [-0.2, -0.15) is 0 Å². The molecule has 0 amide bonds. The molecule has 0 aromatic heterocycles. The highest BCUT2D eigenvalue weighted by molar-refractivity contribution is 6.84. The number of ketones is 2. The van der Waals surface area contributed by atoms with Crippen LogP contribution in [-0.4, -0.2) is 19.6 Å². The molecule has 0 spiro atoms. The van der Waals surface area contributed by atoms with E-state index in [-0.39, 0.29) is 18.0 Å². The molecule has 0 saturated carbocycles. The minimum atomic E-state index is -1.45. The molecule has 0 N–H and O–H groups in total. The molecule has 0 saturated heterocycles. The van der Waals surface area contributed by atoms with E-state index in [0.717, 1.165) is 0 Å². The first kappa shape index (κ1) is 13.1. The maximum atomic E-state index is 11.2. The Bertz CT molecular complexity index is 276. The fraction of sp³-hybridized carbons (Fsp3) is 0.636. The number of hydrogen-bond donors (Lipinski definition) is 0. The fourth-order valence-electron chi connectivity index (χ4n) is 0.749. The van der Waals surface area contributed by atoms with Crippen molar-refractivity contribution in [2.75, 3.05) is 0 Å². The van der Waals surface area contributed by atoms with Crippen LogP contribution in [0, 0.1) is 11.5 Å². The maximum absolute atomic E-state index is 11.2. The van der Waals surface area contributed by atoms with E-state index in [9.17, 15) is 9.59 Å². The predicted octanol–water partition coefficient (Wildman–Crippen LogP) is 2.20. The van der Waals surface area contributed by atoms with Crippen molar-refractivity contribution in [1.82, 2.24) is 0 Å². The topological polar surface area (TPSA) is 34.1 Å². The molecule has 3 heteroatoms. The van der Waals surface area contributed by atoms with Crippen molar-refractivity contribution >= 4 is 19.6 Å². The second-order valence-corrected chi connectivity index (χ2v) is 9.07. The van der Waals surface area contributed by atoms with Gasteiger partial charge in [-0.15, -0.1) is 5.54 Å². The Balaban J connectivity index is 3.98. The van der Waals surface area contributed by atoms with Crippen LogP contribution in [0.2, 0.25) is 19.6 Å². The number of Topliss-reactive ketones (excluding diaryl/α,β-unsaturated/α-hetero) is 2.